The topological polar surface area (TPSA) is 12.0 Å². The first kappa shape index (κ1) is 11.7. The van der Waals surface area contributed by atoms with Crippen LogP contribution < -0.4 is 5.32 Å². The summed E-state index contributed by atoms with van der Waals surface area (Å²) in [6, 6.07) is 5.41. The summed E-state index contributed by atoms with van der Waals surface area (Å²) in [5.74, 6) is 0. The Balaban J connectivity index is 2.11. The molecule has 0 saturated carbocycles. The van der Waals surface area contributed by atoms with E-state index >= 15 is 0 Å². The molecule has 0 aliphatic carbocycles. The fourth-order valence-corrected chi connectivity index (χ4v) is 2.60. The number of nitrogens with one attached hydrogen (secondary N) is 1. The molecule has 1 aromatic carbocycles. The van der Waals surface area contributed by atoms with Gasteiger partial charge in [-0.25, -0.2) is 0 Å². The second kappa shape index (κ2) is 5.01. The third-order valence-electron chi connectivity index (χ3n) is 3.83. The van der Waals surface area contributed by atoms with E-state index in [9.17, 15) is 0 Å². The molecule has 1 fully saturated rings. The van der Waals surface area contributed by atoms with Crippen LogP contribution in [0.1, 0.15) is 41.5 Å². The van der Waals surface area contributed by atoms with Crippen LogP contribution in [0.4, 0.5) is 0 Å². The summed E-state index contributed by atoms with van der Waals surface area (Å²) in [4.78, 5) is 0. The molecule has 1 aromatic rings. The van der Waals surface area contributed by atoms with Gasteiger partial charge < -0.3 is 5.32 Å². The summed E-state index contributed by atoms with van der Waals surface area (Å²) in [5, 5.41) is 3.63. The van der Waals surface area contributed by atoms with Crippen molar-refractivity contribution >= 4 is 0 Å². The number of benzene rings is 1. The first-order chi connectivity index (χ1) is 7.66. The van der Waals surface area contributed by atoms with Crippen molar-refractivity contribution in [2.24, 2.45) is 0 Å². The van der Waals surface area contributed by atoms with Gasteiger partial charge in [0.15, 0.2) is 0 Å². The molecule has 1 aliphatic heterocycles. The van der Waals surface area contributed by atoms with Gasteiger partial charge in [-0.05, 0) is 68.8 Å². The maximum Gasteiger partial charge on any atom is 0.0108 e. The summed E-state index contributed by atoms with van der Waals surface area (Å²) in [6.45, 7) is 7.86. The van der Waals surface area contributed by atoms with Crippen LogP contribution in [-0.2, 0) is 6.42 Å². The van der Waals surface area contributed by atoms with E-state index in [1.165, 1.54) is 54.5 Å². The van der Waals surface area contributed by atoms with Crippen LogP contribution in [-0.4, -0.2) is 12.6 Å². The van der Waals surface area contributed by atoms with E-state index in [1.807, 2.05) is 0 Å². The molecule has 0 bridgehead atoms. The highest BCUT2D eigenvalue weighted by molar-refractivity contribution is 5.36. The molecule has 88 valence electrons. The molecule has 0 amide bonds. The number of aryl methyl sites for hydroxylation is 3. The predicted molar refractivity (Wildman–Crippen MR) is 70.0 cm³/mol. The molecule has 1 aliphatic rings. The largest absolute Gasteiger partial charge is 0.314 e. The van der Waals surface area contributed by atoms with Gasteiger partial charge in [-0.2, -0.15) is 0 Å². The third kappa shape index (κ3) is 2.65. The molecule has 0 radical (unpaired) electrons. The van der Waals surface area contributed by atoms with Crippen molar-refractivity contribution in [3.8, 4) is 0 Å². The van der Waals surface area contributed by atoms with Gasteiger partial charge in [0.2, 0.25) is 0 Å². The van der Waals surface area contributed by atoms with Gasteiger partial charge in [-0.1, -0.05) is 18.6 Å². The molecule has 0 spiro atoms. The average molecular weight is 217 g/mol. The number of hydrogen-bond acceptors (Lipinski definition) is 1. The number of rotatable bonds is 2. The highest BCUT2D eigenvalue weighted by atomic mass is 14.9. The van der Waals surface area contributed by atoms with E-state index in [-0.39, 0.29) is 0 Å². The van der Waals surface area contributed by atoms with Crippen LogP contribution in [0.15, 0.2) is 12.1 Å². The SMILES string of the molecule is Cc1cc(C)c(CC2CCCCN2)cc1C. The standard InChI is InChI=1S/C15H23N/c1-11-8-13(3)14(9-12(11)2)10-15-6-4-5-7-16-15/h8-9,15-16H,4-7,10H2,1-3H3. The Hall–Kier alpha value is -0.820. The first-order valence-electron chi connectivity index (χ1n) is 6.47. The van der Waals surface area contributed by atoms with Gasteiger partial charge in [0.25, 0.3) is 0 Å². The van der Waals surface area contributed by atoms with Crippen molar-refractivity contribution in [2.45, 2.75) is 52.5 Å². The molecule has 2 rings (SSSR count). The lowest BCUT2D eigenvalue weighted by Crippen LogP contribution is -2.35. The van der Waals surface area contributed by atoms with Crippen molar-refractivity contribution in [2.75, 3.05) is 6.54 Å². The highest BCUT2D eigenvalue weighted by Gasteiger charge is 2.14. The molecule has 1 N–H and O–H groups in total. The molecule has 1 unspecified atom stereocenters. The fraction of sp³-hybridized carbons (Fsp3) is 0.600. The Labute approximate surface area is 99.3 Å². The van der Waals surface area contributed by atoms with Crippen LogP contribution in [0.2, 0.25) is 0 Å². The number of piperidine rings is 1. The molecule has 1 atom stereocenters. The van der Waals surface area contributed by atoms with Crippen LogP contribution >= 0.6 is 0 Å². The van der Waals surface area contributed by atoms with Crippen LogP contribution in [0, 0.1) is 20.8 Å². The molecule has 1 heterocycles. The van der Waals surface area contributed by atoms with Crippen LogP contribution in [0.3, 0.4) is 0 Å². The summed E-state index contributed by atoms with van der Waals surface area (Å²) >= 11 is 0. The van der Waals surface area contributed by atoms with E-state index in [4.69, 9.17) is 0 Å². The zero-order chi connectivity index (χ0) is 11.5. The Morgan fingerprint density at radius 1 is 1.06 bits per heavy atom. The molecule has 16 heavy (non-hydrogen) atoms. The zero-order valence-corrected chi connectivity index (χ0v) is 10.8. The summed E-state index contributed by atoms with van der Waals surface area (Å²) in [5.41, 5.74) is 5.83. The van der Waals surface area contributed by atoms with Crippen molar-refractivity contribution in [1.82, 2.24) is 5.32 Å². The van der Waals surface area contributed by atoms with Gasteiger partial charge in [-0.15, -0.1) is 0 Å². The maximum absolute atomic E-state index is 3.63. The Kier molecular flexibility index (Phi) is 3.65. The Bertz CT molecular complexity index is 362. The molecule has 0 aromatic heterocycles. The monoisotopic (exact) mass is 217 g/mol. The summed E-state index contributed by atoms with van der Waals surface area (Å²) in [6.07, 6.45) is 5.28. The van der Waals surface area contributed by atoms with Crippen LogP contribution in [0.5, 0.6) is 0 Å². The van der Waals surface area contributed by atoms with Gasteiger partial charge in [-0.3, -0.25) is 0 Å². The van der Waals surface area contributed by atoms with Crippen molar-refractivity contribution in [3.05, 3.63) is 34.4 Å². The Morgan fingerprint density at radius 3 is 2.50 bits per heavy atom. The van der Waals surface area contributed by atoms with Gasteiger partial charge in [0.05, 0.1) is 0 Å². The van der Waals surface area contributed by atoms with E-state index in [0.717, 1.165) is 0 Å². The predicted octanol–water partition coefficient (Wildman–Crippen LogP) is 3.30. The minimum absolute atomic E-state index is 0.703. The summed E-state index contributed by atoms with van der Waals surface area (Å²) < 4.78 is 0. The normalized spacial score (nSPS) is 21.1. The van der Waals surface area contributed by atoms with Crippen LogP contribution in [0.25, 0.3) is 0 Å². The van der Waals surface area contributed by atoms with Crippen molar-refractivity contribution < 1.29 is 0 Å². The Morgan fingerprint density at radius 2 is 1.81 bits per heavy atom. The smallest absolute Gasteiger partial charge is 0.0108 e. The van der Waals surface area contributed by atoms with E-state index < -0.39 is 0 Å². The minimum Gasteiger partial charge on any atom is -0.314 e. The van der Waals surface area contributed by atoms with Gasteiger partial charge in [0, 0.05) is 6.04 Å². The fourth-order valence-electron chi connectivity index (χ4n) is 2.60. The molecule has 1 saturated heterocycles. The molecule has 1 heteroatoms. The number of hydrogen-bond donors (Lipinski definition) is 1. The molecule has 1 nitrogen and oxygen atoms in total. The quantitative estimate of drug-likeness (QED) is 0.801. The van der Waals surface area contributed by atoms with Crippen molar-refractivity contribution in [1.29, 1.82) is 0 Å². The highest BCUT2D eigenvalue weighted by Crippen LogP contribution is 2.19. The average Bonchev–Trinajstić information content (AvgIpc) is 2.27. The van der Waals surface area contributed by atoms with Gasteiger partial charge >= 0.3 is 0 Å². The second-order valence-electron chi connectivity index (χ2n) is 5.21. The van der Waals surface area contributed by atoms with E-state index in [2.05, 4.69) is 38.2 Å². The zero-order valence-electron chi connectivity index (χ0n) is 10.8. The minimum atomic E-state index is 0.703. The van der Waals surface area contributed by atoms with E-state index in [1.54, 1.807) is 0 Å². The van der Waals surface area contributed by atoms with Crippen molar-refractivity contribution in [3.63, 3.8) is 0 Å². The lowest BCUT2D eigenvalue weighted by Gasteiger charge is -2.24. The third-order valence-corrected chi connectivity index (χ3v) is 3.83. The van der Waals surface area contributed by atoms with E-state index in [0.29, 0.717) is 6.04 Å². The molecular formula is C15H23N. The lowest BCUT2D eigenvalue weighted by atomic mass is 9.93. The second-order valence-corrected chi connectivity index (χ2v) is 5.21. The molecular weight excluding hydrogens is 194 g/mol. The maximum atomic E-state index is 3.63. The lowest BCUT2D eigenvalue weighted by molar-refractivity contribution is 0.399. The summed E-state index contributed by atoms with van der Waals surface area (Å²) in [7, 11) is 0. The first-order valence-corrected chi connectivity index (χ1v) is 6.47. The van der Waals surface area contributed by atoms with Gasteiger partial charge in [0.1, 0.15) is 0 Å².